The van der Waals surface area contributed by atoms with E-state index in [0.717, 1.165) is 58.7 Å². The number of esters is 2. The Bertz CT molecular complexity index is 334. The van der Waals surface area contributed by atoms with Crippen LogP contribution < -0.4 is 0 Å². The van der Waals surface area contributed by atoms with Crippen LogP contribution in [0.25, 0.3) is 0 Å². The zero-order chi connectivity index (χ0) is 19.1. The van der Waals surface area contributed by atoms with Gasteiger partial charge in [-0.2, -0.15) is 0 Å². The second-order valence-electron chi connectivity index (χ2n) is 6.40. The molecular formula is C18H37N3O4. The summed E-state index contributed by atoms with van der Waals surface area (Å²) in [5.41, 5.74) is 0. The first-order valence-electron chi connectivity index (χ1n) is 9.16. The molecule has 0 saturated carbocycles. The molecule has 0 aromatic heterocycles. The molecule has 0 aliphatic carbocycles. The predicted molar refractivity (Wildman–Crippen MR) is 99.6 cm³/mol. The number of carbonyl (C=O) groups excluding carboxylic acids is 2. The van der Waals surface area contributed by atoms with Crippen LogP contribution in [0.4, 0.5) is 0 Å². The first kappa shape index (κ1) is 23.8. The summed E-state index contributed by atoms with van der Waals surface area (Å²) in [6.07, 6.45) is 3.07. The van der Waals surface area contributed by atoms with Gasteiger partial charge in [-0.1, -0.05) is 6.92 Å². The standard InChI is InChI=1S/C18H37N3O4/c1-6-21(13-7-11-19(2)15-9-17(22)24-4)14-8-12-20(3)16-10-18(23)25-5/h6-16H2,1-5H3. The third kappa shape index (κ3) is 13.8. The van der Waals surface area contributed by atoms with Crippen molar-refractivity contribution < 1.29 is 19.1 Å². The van der Waals surface area contributed by atoms with Crippen molar-refractivity contribution in [1.29, 1.82) is 0 Å². The summed E-state index contributed by atoms with van der Waals surface area (Å²) in [7, 11) is 6.92. The van der Waals surface area contributed by atoms with Crippen LogP contribution in [-0.2, 0) is 19.1 Å². The molecule has 0 bridgehead atoms. The van der Waals surface area contributed by atoms with Crippen LogP contribution in [0, 0.1) is 0 Å². The Kier molecular flexibility index (Phi) is 14.4. The monoisotopic (exact) mass is 359 g/mol. The first-order chi connectivity index (χ1) is 11.9. The van der Waals surface area contributed by atoms with Crippen molar-refractivity contribution in [3.8, 4) is 0 Å². The largest absolute Gasteiger partial charge is 0.469 e. The van der Waals surface area contributed by atoms with Crippen molar-refractivity contribution in [2.45, 2.75) is 32.6 Å². The van der Waals surface area contributed by atoms with Crippen LogP contribution in [0.3, 0.4) is 0 Å². The Morgan fingerprint density at radius 3 is 1.44 bits per heavy atom. The molecule has 0 radical (unpaired) electrons. The fourth-order valence-corrected chi connectivity index (χ4v) is 2.55. The second kappa shape index (κ2) is 15.1. The van der Waals surface area contributed by atoms with E-state index in [0.29, 0.717) is 12.8 Å². The van der Waals surface area contributed by atoms with E-state index in [1.165, 1.54) is 14.2 Å². The Morgan fingerprint density at radius 1 is 0.720 bits per heavy atom. The molecule has 0 heterocycles. The van der Waals surface area contributed by atoms with Gasteiger partial charge in [0.25, 0.3) is 0 Å². The number of nitrogens with zero attached hydrogens (tertiary/aromatic N) is 3. The average molecular weight is 360 g/mol. The maximum atomic E-state index is 11.1. The summed E-state index contributed by atoms with van der Waals surface area (Å²) in [5.74, 6) is -0.309. The highest BCUT2D eigenvalue weighted by molar-refractivity contribution is 5.69. The van der Waals surface area contributed by atoms with Crippen LogP contribution >= 0.6 is 0 Å². The Labute approximate surface area is 153 Å². The molecule has 0 aliphatic heterocycles. The number of methoxy groups -OCH3 is 2. The molecule has 0 saturated heterocycles. The summed E-state index contributed by atoms with van der Waals surface area (Å²) < 4.78 is 9.32. The third-order valence-corrected chi connectivity index (χ3v) is 4.33. The fourth-order valence-electron chi connectivity index (χ4n) is 2.55. The number of rotatable bonds is 15. The van der Waals surface area contributed by atoms with Gasteiger partial charge in [0.05, 0.1) is 27.1 Å². The van der Waals surface area contributed by atoms with E-state index in [-0.39, 0.29) is 11.9 Å². The topological polar surface area (TPSA) is 62.3 Å². The molecule has 0 atom stereocenters. The van der Waals surface area contributed by atoms with Gasteiger partial charge in [-0.15, -0.1) is 0 Å². The molecule has 0 aliphatic rings. The van der Waals surface area contributed by atoms with E-state index in [4.69, 9.17) is 0 Å². The highest BCUT2D eigenvalue weighted by atomic mass is 16.5. The molecule has 7 nitrogen and oxygen atoms in total. The average Bonchev–Trinajstić information content (AvgIpc) is 2.62. The van der Waals surface area contributed by atoms with Crippen molar-refractivity contribution in [2.24, 2.45) is 0 Å². The normalized spacial score (nSPS) is 11.4. The smallest absolute Gasteiger partial charge is 0.306 e. The highest BCUT2D eigenvalue weighted by Crippen LogP contribution is 1.99. The molecule has 0 spiro atoms. The highest BCUT2D eigenvalue weighted by Gasteiger charge is 2.08. The Hall–Kier alpha value is -1.18. The summed E-state index contributed by atoms with van der Waals surface area (Å²) in [6.45, 7) is 8.78. The second-order valence-corrected chi connectivity index (χ2v) is 6.40. The van der Waals surface area contributed by atoms with Crippen molar-refractivity contribution >= 4 is 11.9 Å². The SMILES string of the molecule is CCN(CCCN(C)CCC(=O)OC)CCCN(C)CCC(=O)OC. The van der Waals surface area contributed by atoms with Crippen molar-refractivity contribution in [3.05, 3.63) is 0 Å². The van der Waals surface area contributed by atoms with E-state index >= 15 is 0 Å². The molecule has 0 aromatic rings. The molecular weight excluding hydrogens is 322 g/mol. The quantitative estimate of drug-likeness (QED) is 0.405. The summed E-state index contributed by atoms with van der Waals surface area (Å²) >= 11 is 0. The van der Waals surface area contributed by atoms with E-state index in [2.05, 4.69) is 31.1 Å². The maximum Gasteiger partial charge on any atom is 0.306 e. The van der Waals surface area contributed by atoms with Crippen molar-refractivity contribution in [1.82, 2.24) is 14.7 Å². The van der Waals surface area contributed by atoms with E-state index in [9.17, 15) is 9.59 Å². The van der Waals surface area contributed by atoms with Gasteiger partial charge in [-0.3, -0.25) is 9.59 Å². The van der Waals surface area contributed by atoms with Crippen LogP contribution in [0.1, 0.15) is 32.6 Å². The van der Waals surface area contributed by atoms with Gasteiger partial charge in [-0.25, -0.2) is 0 Å². The predicted octanol–water partition coefficient (Wildman–Crippen LogP) is 1.08. The summed E-state index contributed by atoms with van der Waals surface area (Å²) in [5, 5.41) is 0. The minimum absolute atomic E-state index is 0.154. The van der Waals surface area contributed by atoms with Gasteiger partial charge in [0, 0.05) is 13.1 Å². The molecule has 0 aromatic carbocycles. The van der Waals surface area contributed by atoms with Crippen molar-refractivity contribution in [2.75, 3.05) is 74.1 Å². The molecule has 0 N–H and O–H groups in total. The number of hydrogen-bond acceptors (Lipinski definition) is 7. The van der Waals surface area contributed by atoms with Gasteiger partial charge in [0.2, 0.25) is 0 Å². The fraction of sp³-hybridized carbons (Fsp3) is 0.889. The van der Waals surface area contributed by atoms with E-state index in [1.807, 2.05) is 14.1 Å². The minimum atomic E-state index is -0.154. The lowest BCUT2D eigenvalue weighted by molar-refractivity contribution is -0.141. The van der Waals surface area contributed by atoms with Crippen LogP contribution in [0.5, 0.6) is 0 Å². The maximum absolute atomic E-state index is 11.1. The summed E-state index contributed by atoms with van der Waals surface area (Å²) in [4.78, 5) is 29.1. The molecule has 0 amide bonds. The van der Waals surface area contributed by atoms with Gasteiger partial charge in [0.15, 0.2) is 0 Å². The molecule has 25 heavy (non-hydrogen) atoms. The Balaban J connectivity index is 3.77. The first-order valence-corrected chi connectivity index (χ1v) is 9.16. The van der Waals surface area contributed by atoms with Gasteiger partial charge < -0.3 is 24.2 Å². The lowest BCUT2D eigenvalue weighted by atomic mass is 10.3. The van der Waals surface area contributed by atoms with Gasteiger partial charge in [0.1, 0.15) is 0 Å². The lowest BCUT2D eigenvalue weighted by Gasteiger charge is -2.24. The Morgan fingerprint density at radius 2 is 1.12 bits per heavy atom. The van der Waals surface area contributed by atoms with Crippen molar-refractivity contribution in [3.63, 3.8) is 0 Å². The molecule has 7 heteroatoms. The summed E-state index contributed by atoms with van der Waals surface area (Å²) in [6, 6.07) is 0. The molecule has 0 unspecified atom stereocenters. The van der Waals surface area contributed by atoms with Gasteiger partial charge in [-0.05, 0) is 59.7 Å². The zero-order valence-corrected chi connectivity index (χ0v) is 16.8. The van der Waals surface area contributed by atoms with Crippen LogP contribution in [0.2, 0.25) is 0 Å². The molecule has 148 valence electrons. The van der Waals surface area contributed by atoms with Gasteiger partial charge >= 0.3 is 11.9 Å². The third-order valence-electron chi connectivity index (χ3n) is 4.33. The van der Waals surface area contributed by atoms with Crippen LogP contribution in [-0.4, -0.2) is 101 Å². The molecule has 0 rings (SSSR count). The number of ether oxygens (including phenoxy) is 2. The zero-order valence-electron chi connectivity index (χ0n) is 16.8. The lowest BCUT2D eigenvalue weighted by Crippen LogP contribution is -2.32. The van der Waals surface area contributed by atoms with Crippen LogP contribution in [0.15, 0.2) is 0 Å². The number of hydrogen-bond donors (Lipinski definition) is 0. The van der Waals surface area contributed by atoms with E-state index in [1.54, 1.807) is 0 Å². The number of carbonyl (C=O) groups is 2. The van der Waals surface area contributed by atoms with E-state index < -0.39 is 0 Å². The molecule has 0 fully saturated rings. The minimum Gasteiger partial charge on any atom is -0.469 e.